The molecule has 2 heteroatoms. The Bertz CT molecular complexity index is 716. The van der Waals surface area contributed by atoms with E-state index in [1.807, 2.05) is 0 Å². The first-order valence-corrected chi connectivity index (χ1v) is 8.46. The van der Waals surface area contributed by atoms with Crippen molar-refractivity contribution in [1.82, 2.24) is 0 Å². The van der Waals surface area contributed by atoms with Gasteiger partial charge in [0, 0.05) is 36.4 Å². The van der Waals surface area contributed by atoms with Crippen LogP contribution < -0.4 is 10.2 Å². The maximum Gasteiger partial charge on any atom is 0.0412 e. The second-order valence-electron chi connectivity index (χ2n) is 6.52. The van der Waals surface area contributed by atoms with Gasteiger partial charge in [0.25, 0.3) is 0 Å². The molecule has 114 valence electrons. The van der Waals surface area contributed by atoms with Crippen molar-refractivity contribution in [1.29, 1.82) is 0 Å². The van der Waals surface area contributed by atoms with Crippen molar-refractivity contribution in [2.45, 2.75) is 39.2 Å². The fraction of sp³-hybridized carbons (Fsp3) is 0.400. The van der Waals surface area contributed by atoms with Gasteiger partial charge in [0.05, 0.1) is 0 Å². The molecule has 0 unspecified atom stereocenters. The molecule has 2 atom stereocenters. The summed E-state index contributed by atoms with van der Waals surface area (Å²) in [6.07, 6.45) is 1.15. The van der Waals surface area contributed by atoms with Crippen molar-refractivity contribution in [3.8, 4) is 0 Å². The predicted molar refractivity (Wildman–Crippen MR) is 94.1 cm³/mol. The molecule has 2 nitrogen and oxygen atoms in total. The normalized spacial score (nSPS) is 21.0. The van der Waals surface area contributed by atoms with Crippen molar-refractivity contribution >= 4 is 11.4 Å². The fourth-order valence-corrected chi connectivity index (χ4v) is 4.32. The lowest BCUT2D eigenvalue weighted by Gasteiger charge is -2.23. The quantitative estimate of drug-likeness (QED) is 0.906. The van der Waals surface area contributed by atoms with Crippen LogP contribution >= 0.6 is 0 Å². The van der Waals surface area contributed by atoms with Gasteiger partial charge in [-0.2, -0.15) is 0 Å². The maximum atomic E-state index is 3.73. The first-order chi connectivity index (χ1) is 10.7. The second-order valence-corrected chi connectivity index (χ2v) is 6.52. The Hall–Kier alpha value is -1.96. The van der Waals surface area contributed by atoms with Crippen LogP contribution in [0.15, 0.2) is 36.4 Å². The van der Waals surface area contributed by atoms with E-state index in [0.717, 1.165) is 19.5 Å². The average molecular weight is 292 g/mol. The molecule has 1 heterocycles. The van der Waals surface area contributed by atoms with Gasteiger partial charge >= 0.3 is 0 Å². The summed E-state index contributed by atoms with van der Waals surface area (Å²) in [5, 5.41) is 3.73. The number of nitrogens with zero attached hydrogens (tertiary/aromatic N) is 1. The van der Waals surface area contributed by atoms with Crippen LogP contribution in [0.1, 0.15) is 42.0 Å². The lowest BCUT2D eigenvalue weighted by Crippen LogP contribution is -2.22. The summed E-state index contributed by atoms with van der Waals surface area (Å²) in [7, 11) is 0. The highest BCUT2D eigenvalue weighted by Crippen LogP contribution is 2.48. The van der Waals surface area contributed by atoms with Crippen LogP contribution in [0, 0.1) is 6.92 Å². The molecule has 22 heavy (non-hydrogen) atoms. The van der Waals surface area contributed by atoms with E-state index in [4.69, 9.17) is 0 Å². The van der Waals surface area contributed by atoms with E-state index < -0.39 is 0 Å². The topological polar surface area (TPSA) is 15.3 Å². The predicted octanol–water partition coefficient (Wildman–Crippen LogP) is 4.32. The van der Waals surface area contributed by atoms with Crippen LogP contribution in [-0.2, 0) is 6.42 Å². The van der Waals surface area contributed by atoms with Crippen molar-refractivity contribution < 1.29 is 0 Å². The fourth-order valence-electron chi connectivity index (χ4n) is 4.32. The van der Waals surface area contributed by atoms with Crippen LogP contribution in [0.5, 0.6) is 0 Å². The van der Waals surface area contributed by atoms with Crippen LogP contribution in [0.2, 0.25) is 0 Å². The van der Waals surface area contributed by atoms with E-state index in [2.05, 4.69) is 67.4 Å². The van der Waals surface area contributed by atoms with Crippen LogP contribution in [0.25, 0.3) is 0 Å². The molecule has 0 saturated heterocycles. The molecule has 2 aliphatic rings. The Labute approximate surface area is 133 Å². The minimum Gasteiger partial charge on any atom is -0.381 e. The van der Waals surface area contributed by atoms with Crippen molar-refractivity contribution in [3.05, 3.63) is 58.7 Å². The van der Waals surface area contributed by atoms with Crippen molar-refractivity contribution in [2.75, 3.05) is 23.3 Å². The Morgan fingerprint density at radius 3 is 2.64 bits per heavy atom. The van der Waals surface area contributed by atoms with E-state index in [1.165, 1.54) is 22.5 Å². The van der Waals surface area contributed by atoms with Gasteiger partial charge in [0.1, 0.15) is 0 Å². The summed E-state index contributed by atoms with van der Waals surface area (Å²) in [5.74, 6) is 0.528. The number of hydrogen-bond acceptors (Lipinski definition) is 2. The highest BCUT2D eigenvalue weighted by atomic mass is 15.1. The number of benzene rings is 2. The maximum absolute atomic E-state index is 3.73. The molecule has 0 saturated carbocycles. The monoisotopic (exact) mass is 292 g/mol. The smallest absolute Gasteiger partial charge is 0.0412 e. The van der Waals surface area contributed by atoms with Gasteiger partial charge in [-0.1, -0.05) is 18.2 Å². The third-order valence-corrected chi connectivity index (χ3v) is 5.42. The first kappa shape index (κ1) is 13.7. The zero-order valence-electron chi connectivity index (χ0n) is 13.7. The highest BCUT2D eigenvalue weighted by Gasteiger charge is 2.40. The van der Waals surface area contributed by atoms with E-state index >= 15 is 0 Å². The Morgan fingerprint density at radius 1 is 1.09 bits per heavy atom. The summed E-state index contributed by atoms with van der Waals surface area (Å²) in [6, 6.07) is 14.2. The first-order valence-electron chi connectivity index (χ1n) is 8.46. The SMILES string of the molecule is CCN(CC)c1cc(C)c2c(c1)[C@@H]1c3ccccc3N[C@@H]1C2. The Morgan fingerprint density at radius 2 is 1.86 bits per heavy atom. The van der Waals surface area contributed by atoms with Gasteiger partial charge in [0.2, 0.25) is 0 Å². The number of nitrogens with one attached hydrogen (secondary N) is 1. The number of hydrogen-bond donors (Lipinski definition) is 1. The molecule has 0 spiro atoms. The summed E-state index contributed by atoms with van der Waals surface area (Å²) in [6.45, 7) is 8.89. The largest absolute Gasteiger partial charge is 0.381 e. The van der Waals surface area contributed by atoms with E-state index in [-0.39, 0.29) is 0 Å². The number of rotatable bonds is 3. The van der Waals surface area contributed by atoms with Gasteiger partial charge in [-0.05, 0) is 67.6 Å². The molecule has 0 fully saturated rings. The summed E-state index contributed by atoms with van der Waals surface area (Å²) >= 11 is 0. The molecule has 0 amide bonds. The molecule has 0 radical (unpaired) electrons. The third-order valence-electron chi connectivity index (χ3n) is 5.42. The average Bonchev–Trinajstić information content (AvgIpc) is 3.05. The van der Waals surface area contributed by atoms with Crippen molar-refractivity contribution in [3.63, 3.8) is 0 Å². The number of aryl methyl sites for hydroxylation is 1. The number of para-hydroxylation sites is 1. The minimum atomic E-state index is 0.528. The molecule has 1 aliphatic heterocycles. The third kappa shape index (κ3) is 1.86. The Balaban J connectivity index is 1.84. The molecule has 2 aromatic carbocycles. The van der Waals surface area contributed by atoms with Gasteiger partial charge in [-0.15, -0.1) is 0 Å². The van der Waals surface area contributed by atoms with E-state index in [1.54, 1.807) is 11.1 Å². The number of anilines is 2. The van der Waals surface area contributed by atoms with Gasteiger partial charge < -0.3 is 10.2 Å². The molecule has 0 aromatic heterocycles. The van der Waals surface area contributed by atoms with Gasteiger partial charge in [0.15, 0.2) is 0 Å². The van der Waals surface area contributed by atoms with Crippen molar-refractivity contribution in [2.24, 2.45) is 0 Å². The molecule has 1 N–H and O–H groups in total. The molecule has 2 aromatic rings. The van der Waals surface area contributed by atoms with Crippen LogP contribution in [0.3, 0.4) is 0 Å². The lowest BCUT2D eigenvalue weighted by atomic mass is 9.91. The molecule has 1 aliphatic carbocycles. The zero-order chi connectivity index (χ0) is 15.3. The van der Waals surface area contributed by atoms with Gasteiger partial charge in [-0.25, -0.2) is 0 Å². The van der Waals surface area contributed by atoms with Crippen LogP contribution in [0.4, 0.5) is 11.4 Å². The summed E-state index contributed by atoms with van der Waals surface area (Å²) in [4.78, 5) is 2.45. The van der Waals surface area contributed by atoms with E-state index in [9.17, 15) is 0 Å². The molecular formula is C20H24N2. The summed E-state index contributed by atoms with van der Waals surface area (Å²) < 4.78 is 0. The zero-order valence-corrected chi connectivity index (χ0v) is 13.7. The lowest BCUT2D eigenvalue weighted by molar-refractivity contribution is 0.726. The van der Waals surface area contributed by atoms with Crippen LogP contribution in [-0.4, -0.2) is 19.1 Å². The minimum absolute atomic E-state index is 0.528. The molecule has 4 rings (SSSR count). The van der Waals surface area contributed by atoms with Gasteiger partial charge in [-0.3, -0.25) is 0 Å². The second kappa shape index (κ2) is 5.05. The van der Waals surface area contributed by atoms with E-state index in [0.29, 0.717) is 12.0 Å². The standard InChI is InChI=1S/C20H24N2/c1-4-22(5-2)14-10-13(3)16-12-19-20(17(16)11-14)15-8-6-7-9-18(15)21-19/h6-11,19-21H,4-5,12H2,1-3H3/t19-,20+/m1/s1. The molecular weight excluding hydrogens is 268 g/mol. The summed E-state index contributed by atoms with van der Waals surface area (Å²) in [5.41, 5.74) is 8.74. The highest BCUT2D eigenvalue weighted by molar-refractivity contribution is 5.68. The number of fused-ring (bicyclic) bond motifs is 5. The molecule has 0 bridgehead atoms. The Kier molecular flexibility index (Phi) is 3.14.